The molecule has 2 atom stereocenters. The average Bonchev–Trinajstić information content (AvgIpc) is 2.79. The van der Waals surface area contributed by atoms with E-state index in [4.69, 9.17) is 4.52 Å². The van der Waals surface area contributed by atoms with Crippen LogP contribution < -0.4 is 10.6 Å². The fourth-order valence-electron chi connectivity index (χ4n) is 4.42. The molecule has 4 rings (SSSR count). The molecule has 3 heteroatoms. The Morgan fingerprint density at radius 2 is 1.12 bits per heavy atom. The highest BCUT2D eigenvalue weighted by molar-refractivity contribution is 8.01. The van der Waals surface area contributed by atoms with E-state index in [-0.39, 0.29) is 10.9 Å². The van der Waals surface area contributed by atoms with E-state index in [1.807, 2.05) is 11.8 Å². The van der Waals surface area contributed by atoms with Gasteiger partial charge in [-0.05, 0) is 34.4 Å². The van der Waals surface area contributed by atoms with Gasteiger partial charge >= 0.3 is 0 Å². The smallest absolute Gasteiger partial charge is 0.0934 e. The van der Waals surface area contributed by atoms with Crippen LogP contribution in [0.5, 0.6) is 0 Å². The number of fused-ring (bicyclic) bond motifs is 2. The molecule has 0 spiro atoms. The van der Waals surface area contributed by atoms with Crippen LogP contribution in [0, 0.1) is 5.92 Å². The molecule has 0 aliphatic heterocycles. The summed E-state index contributed by atoms with van der Waals surface area (Å²) < 4.78 is 7.34. The minimum Gasteiger partial charge on any atom is -0.346 e. The molecule has 0 saturated carbocycles. The van der Waals surface area contributed by atoms with Gasteiger partial charge in [-0.3, -0.25) is 0 Å². The fourth-order valence-corrected chi connectivity index (χ4v) is 8.08. The summed E-state index contributed by atoms with van der Waals surface area (Å²) in [6.07, 6.45) is 0.123. The Labute approximate surface area is 204 Å². The van der Waals surface area contributed by atoms with Crippen LogP contribution >= 0.6 is 19.9 Å². The topological polar surface area (TPSA) is 9.23 Å². The summed E-state index contributed by atoms with van der Waals surface area (Å²) in [6, 6.07) is 30.7. The van der Waals surface area contributed by atoms with Crippen molar-refractivity contribution >= 4 is 52.1 Å². The van der Waals surface area contributed by atoms with Crippen LogP contribution in [0.4, 0.5) is 0 Å². The quantitative estimate of drug-likeness (QED) is 0.249. The van der Waals surface area contributed by atoms with E-state index in [0.717, 1.165) is 0 Å². The predicted octanol–water partition coefficient (Wildman–Crippen LogP) is 8.30. The van der Waals surface area contributed by atoms with E-state index in [9.17, 15) is 0 Å². The van der Waals surface area contributed by atoms with Gasteiger partial charge in [0.1, 0.15) is 0 Å². The molecule has 4 aromatic rings. The van der Waals surface area contributed by atoms with E-state index >= 15 is 0 Å². The molecule has 0 fully saturated rings. The molecule has 172 valence electrons. The highest BCUT2D eigenvalue weighted by atomic mass is 32.2. The Hall–Kier alpha value is -1.86. The summed E-state index contributed by atoms with van der Waals surface area (Å²) in [6.45, 7) is 13.8. The van der Waals surface area contributed by atoms with Crippen molar-refractivity contribution in [2.24, 2.45) is 5.92 Å². The number of hydrogen-bond donors (Lipinski definition) is 0. The zero-order valence-corrected chi connectivity index (χ0v) is 22.3. The molecule has 0 bridgehead atoms. The van der Waals surface area contributed by atoms with Gasteiger partial charge in [-0.25, -0.2) is 0 Å². The SMILES string of the molecule is CC(C)[C@@H](SC(C)(C)C)[C@@H](C)OP(c1cccc2ccccc12)c1cccc2ccccc12. The third-order valence-corrected chi connectivity index (χ3v) is 9.96. The molecule has 0 saturated heterocycles. The van der Waals surface area contributed by atoms with Crippen LogP contribution in [0.25, 0.3) is 21.5 Å². The van der Waals surface area contributed by atoms with Crippen molar-refractivity contribution in [2.75, 3.05) is 0 Å². The molecular weight excluding hydrogens is 439 g/mol. The summed E-state index contributed by atoms with van der Waals surface area (Å²) in [5, 5.41) is 8.13. The van der Waals surface area contributed by atoms with Crippen molar-refractivity contribution in [1.29, 1.82) is 0 Å². The summed E-state index contributed by atoms with van der Waals surface area (Å²) in [5.74, 6) is 0.529. The van der Waals surface area contributed by atoms with Crippen LogP contribution in [0.1, 0.15) is 41.5 Å². The molecule has 0 radical (unpaired) electrons. The number of thioether (sulfide) groups is 1. The standard InChI is InChI=1S/C30H35OPS/c1-21(2)29(33-30(4,5)6)22(3)31-32(27-19-11-15-23-13-7-9-17-25(23)27)28-20-12-16-24-14-8-10-18-26(24)28/h7-22,29H,1-6H3/t22-,29-/m1/s1. The fraction of sp³-hybridized carbons (Fsp3) is 0.333. The Kier molecular flexibility index (Phi) is 7.49. The Morgan fingerprint density at radius 1 is 0.667 bits per heavy atom. The van der Waals surface area contributed by atoms with Gasteiger partial charge in [-0.15, -0.1) is 11.8 Å². The Bertz CT molecular complexity index is 1140. The average molecular weight is 475 g/mol. The second kappa shape index (κ2) is 10.2. The summed E-state index contributed by atoms with van der Waals surface area (Å²) in [5.41, 5.74) is 0. The molecule has 0 N–H and O–H groups in total. The van der Waals surface area contributed by atoms with Gasteiger partial charge in [0.25, 0.3) is 0 Å². The first-order valence-electron chi connectivity index (χ1n) is 11.8. The summed E-state index contributed by atoms with van der Waals surface area (Å²) in [4.78, 5) is 0. The minimum absolute atomic E-state index is 0.123. The molecule has 0 heterocycles. The molecule has 33 heavy (non-hydrogen) atoms. The van der Waals surface area contributed by atoms with E-state index in [1.165, 1.54) is 32.2 Å². The van der Waals surface area contributed by atoms with Crippen molar-refractivity contribution in [2.45, 2.75) is 57.6 Å². The lowest BCUT2D eigenvalue weighted by molar-refractivity contribution is 0.228. The van der Waals surface area contributed by atoms with Gasteiger partial charge in [0.15, 0.2) is 0 Å². The lowest BCUT2D eigenvalue weighted by Crippen LogP contribution is -2.33. The van der Waals surface area contributed by atoms with Gasteiger partial charge in [0, 0.05) is 20.6 Å². The molecule has 4 aromatic carbocycles. The highest BCUT2D eigenvalue weighted by Crippen LogP contribution is 2.44. The number of benzene rings is 4. The van der Waals surface area contributed by atoms with Crippen molar-refractivity contribution < 1.29 is 4.52 Å². The number of hydrogen-bond acceptors (Lipinski definition) is 2. The largest absolute Gasteiger partial charge is 0.346 e. The van der Waals surface area contributed by atoms with Crippen LogP contribution in [-0.2, 0) is 4.52 Å². The van der Waals surface area contributed by atoms with Gasteiger partial charge in [0.05, 0.1) is 14.3 Å². The summed E-state index contributed by atoms with van der Waals surface area (Å²) in [7, 11) is -1.00. The van der Waals surface area contributed by atoms with Crippen LogP contribution in [0.15, 0.2) is 84.9 Å². The third kappa shape index (κ3) is 5.62. The lowest BCUT2D eigenvalue weighted by Gasteiger charge is -2.35. The van der Waals surface area contributed by atoms with Crippen molar-refractivity contribution in [3.05, 3.63) is 84.9 Å². The van der Waals surface area contributed by atoms with Gasteiger partial charge < -0.3 is 4.52 Å². The van der Waals surface area contributed by atoms with Gasteiger partial charge in [0.2, 0.25) is 0 Å². The minimum atomic E-state index is -1.00. The highest BCUT2D eigenvalue weighted by Gasteiger charge is 2.31. The molecule has 0 unspecified atom stereocenters. The first kappa shape index (κ1) is 24.3. The second-order valence-corrected chi connectivity index (χ2v) is 13.8. The van der Waals surface area contributed by atoms with Gasteiger partial charge in [-0.1, -0.05) is 120 Å². The molecule has 1 nitrogen and oxygen atoms in total. The van der Waals surface area contributed by atoms with E-state index in [0.29, 0.717) is 11.2 Å². The van der Waals surface area contributed by atoms with Crippen LogP contribution in [0.3, 0.4) is 0 Å². The maximum Gasteiger partial charge on any atom is 0.0934 e. The van der Waals surface area contributed by atoms with Crippen LogP contribution in [0.2, 0.25) is 0 Å². The zero-order valence-electron chi connectivity index (χ0n) is 20.6. The molecular formula is C30H35OPS. The zero-order chi connectivity index (χ0) is 23.6. The van der Waals surface area contributed by atoms with E-state index in [2.05, 4.69) is 126 Å². The normalized spacial score (nSPS) is 14.3. The van der Waals surface area contributed by atoms with Crippen molar-refractivity contribution in [3.63, 3.8) is 0 Å². The van der Waals surface area contributed by atoms with Crippen LogP contribution in [-0.4, -0.2) is 16.1 Å². The van der Waals surface area contributed by atoms with E-state index in [1.54, 1.807) is 0 Å². The first-order valence-corrected chi connectivity index (χ1v) is 14.0. The van der Waals surface area contributed by atoms with E-state index < -0.39 is 8.15 Å². The Balaban J connectivity index is 1.85. The maximum atomic E-state index is 7.15. The predicted molar refractivity (Wildman–Crippen MR) is 151 cm³/mol. The van der Waals surface area contributed by atoms with Crippen molar-refractivity contribution in [1.82, 2.24) is 0 Å². The summed E-state index contributed by atoms with van der Waals surface area (Å²) >= 11 is 2.04. The molecule has 0 aromatic heterocycles. The Morgan fingerprint density at radius 3 is 1.58 bits per heavy atom. The molecule has 0 aliphatic carbocycles. The number of rotatable bonds is 7. The third-order valence-electron chi connectivity index (χ3n) is 5.85. The monoisotopic (exact) mass is 474 g/mol. The molecule has 0 aliphatic rings. The second-order valence-electron chi connectivity index (χ2n) is 10.0. The molecule has 0 amide bonds. The first-order chi connectivity index (χ1) is 15.7. The maximum absolute atomic E-state index is 7.15. The lowest BCUT2D eigenvalue weighted by atomic mass is 10.1. The van der Waals surface area contributed by atoms with Crippen molar-refractivity contribution in [3.8, 4) is 0 Å². The van der Waals surface area contributed by atoms with Gasteiger partial charge in [-0.2, -0.15) is 0 Å².